The lowest BCUT2D eigenvalue weighted by molar-refractivity contribution is 0.0964. The first kappa shape index (κ1) is 21.9. The maximum absolute atomic E-state index is 13.5. The molecule has 3 heterocycles. The van der Waals surface area contributed by atoms with E-state index in [-0.39, 0.29) is 11.7 Å². The number of amides is 1. The van der Waals surface area contributed by atoms with Crippen LogP contribution < -0.4 is 15.0 Å². The van der Waals surface area contributed by atoms with Gasteiger partial charge in [0.25, 0.3) is 5.91 Å². The Morgan fingerprint density at radius 3 is 2.56 bits per heavy atom. The molecule has 1 aliphatic heterocycles. The molecule has 8 heteroatoms. The Hall–Kier alpha value is -3.91. The van der Waals surface area contributed by atoms with Crippen molar-refractivity contribution in [1.82, 2.24) is 10.3 Å². The summed E-state index contributed by atoms with van der Waals surface area (Å²) in [5, 5.41) is 3.31. The summed E-state index contributed by atoms with van der Waals surface area (Å²) in [4.78, 5) is 19.1. The zero-order chi connectivity index (χ0) is 23.5. The highest BCUT2D eigenvalue weighted by Crippen LogP contribution is 2.41. The van der Waals surface area contributed by atoms with Gasteiger partial charge in [-0.15, -0.1) is 0 Å². The number of halogens is 1. The van der Waals surface area contributed by atoms with Crippen LogP contribution in [0.2, 0.25) is 0 Å². The van der Waals surface area contributed by atoms with E-state index < -0.39 is 0 Å². The minimum absolute atomic E-state index is 0.294. The van der Waals surface area contributed by atoms with E-state index in [0.29, 0.717) is 66.5 Å². The highest BCUT2D eigenvalue weighted by Gasteiger charge is 2.25. The van der Waals surface area contributed by atoms with E-state index in [1.807, 2.05) is 24.3 Å². The van der Waals surface area contributed by atoms with Crippen molar-refractivity contribution in [3.63, 3.8) is 0 Å². The number of anilines is 1. The smallest absolute Gasteiger partial charge is 0.255 e. The fourth-order valence-corrected chi connectivity index (χ4v) is 4.07. The normalized spacial score (nSPS) is 13.8. The quantitative estimate of drug-likeness (QED) is 0.458. The molecular weight excluding hydrogens is 437 g/mol. The van der Waals surface area contributed by atoms with Crippen LogP contribution in [0.25, 0.3) is 22.3 Å². The van der Waals surface area contributed by atoms with Gasteiger partial charge in [-0.05, 0) is 48.0 Å². The van der Waals surface area contributed by atoms with Crippen LogP contribution in [0.4, 0.5) is 10.1 Å². The van der Waals surface area contributed by atoms with Gasteiger partial charge in [-0.1, -0.05) is 0 Å². The van der Waals surface area contributed by atoms with Crippen LogP contribution in [0.3, 0.4) is 0 Å². The monoisotopic (exact) mass is 461 g/mol. The van der Waals surface area contributed by atoms with Gasteiger partial charge in [-0.25, -0.2) is 4.39 Å². The number of fused-ring (bicyclic) bond motifs is 1. The first-order valence-corrected chi connectivity index (χ1v) is 11.1. The lowest BCUT2D eigenvalue weighted by atomic mass is 10.0. The summed E-state index contributed by atoms with van der Waals surface area (Å²) in [7, 11) is 1.57. The molecule has 5 rings (SSSR count). The van der Waals surface area contributed by atoms with E-state index in [1.54, 1.807) is 31.6 Å². The lowest BCUT2D eigenvalue weighted by Gasteiger charge is -2.30. The van der Waals surface area contributed by atoms with Gasteiger partial charge in [0.15, 0.2) is 0 Å². The van der Waals surface area contributed by atoms with E-state index in [0.717, 1.165) is 11.3 Å². The van der Waals surface area contributed by atoms with Crippen molar-refractivity contribution in [3.05, 3.63) is 77.9 Å². The summed E-state index contributed by atoms with van der Waals surface area (Å²) in [6.45, 7) is 3.01. The predicted octanol–water partition coefficient (Wildman–Crippen LogP) is 4.41. The summed E-state index contributed by atoms with van der Waals surface area (Å²) in [6, 6.07) is 13.4. The fourth-order valence-electron chi connectivity index (χ4n) is 4.07. The van der Waals surface area contributed by atoms with E-state index in [4.69, 9.17) is 13.9 Å². The van der Waals surface area contributed by atoms with Gasteiger partial charge in [-0.2, -0.15) is 0 Å². The van der Waals surface area contributed by atoms with Crippen molar-refractivity contribution in [2.45, 2.75) is 6.61 Å². The number of benzene rings is 2. The molecule has 0 spiro atoms. The molecule has 1 aliphatic rings. The minimum Gasteiger partial charge on any atom is -0.487 e. The molecule has 1 saturated heterocycles. The number of furan rings is 1. The number of ether oxygens (including phenoxy) is 2. The van der Waals surface area contributed by atoms with Gasteiger partial charge in [-0.3, -0.25) is 9.78 Å². The maximum atomic E-state index is 13.5. The molecule has 0 unspecified atom stereocenters. The highest BCUT2D eigenvalue weighted by atomic mass is 19.1. The topological polar surface area (TPSA) is 76.8 Å². The van der Waals surface area contributed by atoms with E-state index >= 15 is 0 Å². The molecule has 7 nitrogen and oxygen atoms in total. The van der Waals surface area contributed by atoms with Gasteiger partial charge < -0.3 is 24.1 Å². The third kappa shape index (κ3) is 4.32. The van der Waals surface area contributed by atoms with Crippen LogP contribution in [-0.4, -0.2) is 44.2 Å². The predicted molar refractivity (Wildman–Crippen MR) is 127 cm³/mol. The van der Waals surface area contributed by atoms with Gasteiger partial charge >= 0.3 is 0 Å². The summed E-state index contributed by atoms with van der Waals surface area (Å²) in [5.41, 5.74) is 3.40. The molecule has 2 aromatic heterocycles. The third-order valence-corrected chi connectivity index (χ3v) is 5.83. The number of hydrogen-bond acceptors (Lipinski definition) is 6. The van der Waals surface area contributed by atoms with Gasteiger partial charge in [0.1, 0.15) is 29.5 Å². The Kier molecular flexibility index (Phi) is 6.14. The summed E-state index contributed by atoms with van der Waals surface area (Å²) < 4.78 is 31.5. The SMILES string of the molecule is CNC(=O)c1c(-c2ccc(F)cc2)oc2cc(N3CCOCC3)c(OCc3ccncc3)cc12. The summed E-state index contributed by atoms with van der Waals surface area (Å²) in [6.07, 6.45) is 3.44. The van der Waals surface area contributed by atoms with Crippen molar-refractivity contribution in [2.24, 2.45) is 0 Å². The zero-order valence-electron chi connectivity index (χ0n) is 18.7. The average Bonchev–Trinajstić information content (AvgIpc) is 3.26. The first-order chi connectivity index (χ1) is 16.6. The van der Waals surface area contributed by atoms with Crippen LogP contribution in [-0.2, 0) is 11.3 Å². The van der Waals surface area contributed by atoms with E-state index in [9.17, 15) is 9.18 Å². The Morgan fingerprint density at radius 2 is 1.85 bits per heavy atom. The zero-order valence-corrected chi connectivity index (χ0v) is 18.7. The maximum Gasteiger partial charge on any atom is 0.255 e. The Bertz CT molecular complexity index is 1300. The summed E-state index contributed by atoms with van der Waals surface area (Å²) in [5.74, 6) is 0.372. The molecule has 0 aliphatic carbocycles. The fraction of sp³-hybridized carbons (Fsp3) is 0.231. The number of pyridine rings is 1. The second-order valence-electron chi connectivity index (χ2n) is 7.95. The molecule has 1 N–H and O–H groups in total. The number of morpholine rings is 1. The summed E-state index contributed by atoms with van der Waals surface area (Å²) >= 11 is 0. The van der Waals surface area contributed by atoms with Gasteiger partial charge in [0.05, 0.1) is 24.5 Å². The van der Waals surface area contributed by atoms with Gasteiger partial charge in [0.2, 0.25) is 0 Å². The van der Waals surface area contributed by atoms with Crippen LogP contribution in [0, 0.1) is 5.82 Å². The molecule has 0 saturated carbocycles. The largest absolute Gasteiger partial charge is 0.487 e. The van der Waals surface area contributed by atoms with Crippen molar-refractivity contribution < 1.29 is 23.1 Å². The Labute approximate surface area is 196 Å². The molecule has 0 bridgehead atoms. The molecule has 4 aromatic rings. The lowest BCUT2D eigenvalue weighted by Crippen LogP contribution is -2.36. The minimum atomic E-state index is -0.359. The van der Waals surface area contributed by atoms with Crippen LogP contribution in [0.5, 0.6) is 5.75 Å². The van der Waals surface area contributed by atoms with Crippen LogP contribution >= 0.6 is 0 Å². The van der Waals surface area contributed by atoms with Crippen molar-refractivity contribution in [2.75, 3.05) is 38.3 Å². The van der Waals surface area contributed by atoms with Crippen LogP contribution in [0.1, 0.15) is 15.9 Å². The number of rotatable bonds is 6. The number of carbonyl (C=O) groups excluding carboxylic acids is 1. The second kappa shape index (κ2) is 9.52. The molecule has 1 amide bonds. The molecular formula is C26H24FN3O4. The number of nitrogens with zero attached hydrogens (tertiary/aromatic N) is 2. The van der Waals surface area contributed by atoms with Gasteiger partial charge in [0, 0.05) is 49.5 Å². The Balaban J connectivity index is 1.64. The molecule has 0 atom stereocenters. The molecule has 34 heavy (non-hydrogen) atoms. The van der Waals surface area contributed by atoms with E-state index in [2.05, 4.69) is 15.2 Å². The molecule has 2 aromatic carbocycles. The molecule has 174 valence electrons. The van der Waals surface area contributed by atoms with Crippen LogP contribution in [0.15, 0.2) is 65.3 Å². The third-order valence-electron chi connectivity index (χ3n) is 5.83. The first-order valence-electron chi connectivity index (χ1n) is 11.1. The van der Waals surface area contributed by atoms with Crippen molar-refractivity contribution in [1.29, 1.82) is 0 Å². The number of hydrogen-bond donors (Lipinski definition) is 1. The standard InChI is InChI=1S/C26H24FN3O4/c1-28-26(31)24-20-14-23(33-16-17-6-8-29-9-7-17)21(30-10-12-32-13-11-30)15-22(20)34-25(24)18-2-4-19(27)5-3-18/h2-9,14-15H,10-13,16H2,1H3,(H,28,31). The number of carbonyl (C=O) groups is 1. The van der Waals surface area contributed by atoms with E-state index in [1.165, 1.54) is 12.1 Å². The number of aromatic nitrogens is 1. The molecule has 0 radical (unpaired) electrons. The van der Waals surface area contributed by atoms with Crippen molar-refractivity contribution in [3.8, 4) is 17.1 Å². The second-order valence-corrected chi connectivity index (χ2v) is 7.95. The highest BCUT2D eigenvalue weighted by molar-refractivity contribution is 6.12. The van der Waals surface area contributed by atoms with Crippen molar-refractivity contribution >= 4 is 22.6 Å². The molecule has 1 fully saturated rings. The average molecular weight is 461 g/mol. The number of nitrogens with one attached hydrogen (secondary N) is 1. The Morgan fingerprint density at radius 1 is 1.12 bits per heavy atom.